The molecule has 2 heteroatoms. The van der Waals surface area contributed by atoms with Gasteiger partial charge < -0.3 is 4.74 Å². The van der Waals surface area contributed by atoms with Gasteiger partial charge in [-0.1, -0.05) is 75.9 Å². The summed E-state index contributed by atoms with van der Waals surface area (Å²) in [5.74, 6) is 0. The summed E-state index contributed by atoms with van der Waals surface area (Å²) in [5.41, 5.74) is 6.61. The lowest BCUT2D eigenvalue weighted by Gasteiger charge is -2.06. The molecule has 0 aliphatic carbocycles. The van der Waals surface area contributed by atoms with Gasteiger partial charge in [0.05, 0.1) is 5.70 Å². The molecule has 0 saturated carbocycles. The number of rotatable bonds is 4. The molecule has 2 aromatic rings. The van der Waals surface area contributed by atoms with Gasteiger partial charge in [0.1, 0.15) is 0 Å². The van der Waals surface area contributed by atoms with E-state index in [1.165, 1.54) is 11.1 Å². The van der Waals surface area contributed by atoms with Crippen molar-refractivity contribution >= 4 is 11.4 Å². The van der Waals surface area contributed by atoms with Crippen LogP contribution in [-0.4, -0.2) is 19.9 Å². The summed E-state index contributed by atoms with van der Waals surface area (Å²) in [7, 11) is 3.25. The summed E-state index contributed by atoms with van der Waals surface area (Å²) >= 11 is 0. The van der Waals surface area contributed by atoms with E-state index >= 15 is 0 Å². The average molecular weight is 382 g/mol. The first-order chi connectivity index (χ1) is 13.4. The molecule has 2 rings (SSSR count). The number of allylic oxidation sites excluding steroid dienone is 1. The number of aliphatic imine (C=N–C) groups is 1. The van der Waals surface area contributed by atoms with Gasteiger partial charge in [-0.25, -0.2) is 0 Å². The fourth-order valence-corrected chi connectivity index (χ4v) is 1.93. The zero-order valence-electron chi connectivity index (χ0n) is 19.2. The van der Waals surface area contributed by atoms with E-state index in [2.05, 4.69) is 61.9 Å². The molecule has 0 N–H and O–H groups in total. The van der Waals surface area contributed by atoms with Gasteiger partial charge in [0.2, 0.25) is 0 Å². The Bertz CT molecular complexity index is 700. The fraction of sp³-hybridized carbons (Fsp3) is 0.346. The summed E-state index contributed by atoms with van der Waals surface area (Å²) < 4.78 is 4.25. The van der Waals surface area contributed by atoms with Gasteiger partial charge in [-0.3, -0.25) is 4.99 Å². The maximum Gasteiger partial charge on any atom is 0.0633 e. The highest BCUT2D eigenvalue weighted by atomic mass is 16.4. The molecule has 0 radical (unpaired) electrons. The molecule has 0 aliphatic heterocycles. The summed E-state index contributed by atoms with van der Waals surface area (Å²) in [6, 6.07) is 16.5. The van der Waals surface area contributed by atoms with Crippen molar-refractivity contribution in [2.75, 3.05) is 14.2 Å². The first-order valence-corrected chi connectivity index (χ1v) is 9.79. The van der Waals surface area contributed by atoms with Crippen LogP contribution >= 0.6 is 0 Å². The lowest BCUT2D eigenvalue weighted by Crippen LogP contribution is -1.97. The molecule has 0 atom stereocenters. The fourth-order valence-electron chi connectivity index (χ4n) is 1.93. The Kier molecular flexibility index (Phi) is 17.8. The predicted octanol–water partition coefficient (Wildman–Crippen LogP) is 7.65. The molecule has 0 fully saturated rings. The van der Waals surface area contributed by atoms with Crippen molar-refractivity contribution in [2.45, 2.75) is 48.0 Å². The molecule has 0 aliphatic rings. The number of nitrogens with zero attached hydrogens (tertiary/aromatic N) is 1. The van der Waals surface area contributed by atoms with Gasteiger partial charge in [0.15, 0.2) is 0 Å². The third-order valence-electron chi connectivity index (χ3n) is 3.62. The monoisotopic (exact) mass is 381 g/mol. The van der Waals surface area contributed by atoms with E-state index in [0.29, 0.717) is 0 Å². The van der Waals surface area contributed by atoms with E-state index in [0.717, 1.165) is 29.0 Å². The molecular weight excluding hydrogens is 342 g/mol. The van der Waals surface area contributed by atoms with Crippen LogP contribution in [0.2, 0.25) is 0 Å². The van der Waals surface area contributed by atoms with Crippen molar-refractivity contribution in [3.05, 3.63) is 90.0 Å². The summed E-state index contributed by atoms with van der Waals surface area (Å²) in [6.07, 6.45) is 2.96. The molecule has 0 saturated heterocycles. The smallest absolute Gasteiger partial charge is 0.0633 e. The van der Waals surface area contributed by atoms with Crippen LogP contribution in [-0.2, 0) is 4.74 Å². The normalized spacial score (nSPS) is 9.50. The van der Waals surface area contributed by atoms with Crippen LogP contribution in [0.3, 0.4) is 0 Å². The van der Waals surface area contributed by atoms with Crippen LogP contribution in [0.15, 0.2) is 72.8 Å². The Labute approximate surface area is 173 Å². The number of hydrogen-bond acceptors (Lipinski definition) is 2. The molecule has 0 aromatic heterocycles. The SMILES string of the molecule is C=C(N=C(C)c1ccc(C)c(C)c1)c1ccccc1.C=CCC.CC.COC. The summed E-state index contributed by atoms with van der Waals surface area (Å²) in [6.45, 7) is 19.9. The maximum absolute atomic E-state index is 4.61. The van der Waals surface area contributed by atoms with Crippen LogP contribution in [0.1, 0.15) is 56.4 Å². The van der Waals surface area contributed by atoms with Crippen molar-refractivity contribution in [3.63, 3.8) is 0 Å². The molecule has 0 amide bonds. The van der Waals surface area contributed by atoms with Crippen LogP contribution in [0.5, 0.6) is 0 Å². The quantitative estimate of drug-likeness (QED) is 0.393. The highest BCUT2D eigenvalue weighted by molar-refractivity contribution is 6.01. The van der Waals surface area contributed by atoms with E-state index in [9.17, 15) is 0 Å². The lowest BCUT2D eigenvalue weighted by molar-refractivity contribution is 0.277. The highest BCUT2D eigenvalue weighted by Crippen LogP contribution is 2.16. The first-order valence-electron chi connectivity index (χ1n) is 9.79. The van der Waals surface area contributed by atoms with Crippen molar-refractivity contribution in [3.8, 4) is 0 Å². The van der Waals surface area contributed by atoms with Gasteiger partial charge in [-0.05, 0) is 55.5 Å². The maximum atomic E-state index is 4.61. The Morgan fingerprint density at radius 1 is 0.964 bits per heavy atom. The molecular formula is C26H39NO. The topological polar surface area (TPSA) is 21.6 Å². The second kappa shape index (κ2) is 17.9. The Morgan fingerprint density at radius 3 is 1.89 bits per heavy atom. The number of benzene rings is 2. The molecule has 0 spiro atoms. The molecule has 0 heterocycles. The molecule has 28 heavy (non-hydrogen) atoms. The Balaban J connectivity index is 0. The van der Waals surface area contributed by atoms with Gasteiger partial charge >= 0.3 is 0 Å². The number of aryl methyl sites for hydroxylation is 2. The Morgan fingerprint density at radius 2 is 1.46 bits per heavy atom. The van der Waals surface area contributed by atoms with Crippen LogP contribution in [0, 0.1) is 13.8 Å². The van der Waals surface area contributed by atoms with Gasteiger partial charge in [0, 0.05) is 19.9 Å². The van der Waals surface area contributed by atoms with E-state index < -0.39 is 0 Å². The van der Waals surface area contributed by atoms with E-state index in [4.69, 9.17) is 0 Å². The standard InChI is InChI=1S/C18H19N.C4H8.C2H6O.C2H6/c1-13-10-11-18(12-14(13)2)16(4)19-15(3)17-8-6-5-7-9-17;1-3-4-2;1-3-2;1-2/h5-12H,3H2,1-2,4H3;3H,1,4H2,2H3;1-2H3;1-2H3. The summed E-state index contributed by atoms with van der Waals surface area (Å²) in [4.78, 5) is 4.61. The van der Waals surface area contributed by atoms with Gasteiger partial charge in [-0.2, -0.15) is 0 Å². The van der Waals surface area contributed by atoms with Crippen LogP contribution in [0.4, 0.5) is 0 Å². The minimum absolute atomic E-state index is 0.802. The highest BCUT2D eigenvalue weighted by Gasteiger charge is 2.02. The van der Waals surface area contributed by atoms with E-state index in [-0.39, 0.29) is 0 Å². The van der Waals surface area contributed by atoms with Crippen LogP contribution < -0.4 is 0 Å². The number of ether oxygens (including phenoxy) is 1. The molecule has 2 nitrogen and oxygen atoms in total. The van der Waals surface area contributed by atoms with Gasteiger partial charge in [0.25, 0.3) is 0 Å². The average Bonchev–Trinajstić information content (AvgIpc) is 2.73. The zero-order valence-corrected chi connectivity index (χ0v) is 19.2. The summed E-state index contributed by atoms with van der Waals surface area (Å²) in [5, 5.41) is 0. The number of hydrogen-bond donors (Lipinski definition) is 0. The largest absolute Gasteiger partial charge is 0.388 e. The van der Waals surface area contributed by atoms with Gasteiger partial charge in [-0.15, -0.1) is 6.58 Å². The second-order valence-corrected chi connectivity index (χ2v) is 5.91. The zero-order chi connectivity index (χ0) is 21.9. The molecule has 154 valence electrons. The molecule has 0 bridgehead atoms. The predicted molar refractivity (Wildman–Crippen MR) is 128 cm³/mol. The lowest BCUT2D eigenvalue weighted by atomic mass is 10.0. The molecule has 0 unspecified atom stereocenters. The van der Waals surface area contributed by atoms with Crippen LogP contribution in [0.25, 0.3) is 5.70 Å². The minimum Gasteiger partial charge on any atom is -0.388 e. The van der Waals surface area contributed by atoms with Crippen molar-refractivity contribution in [2.24, 2.45) is 4.99 Å². The first kappa shape index (κ1) is 27.8. The van der Waals surface area contributed by atoms with E-state index in [1.54, 1.807) is 14.2 Å². The van der Waals surface area contributed by atoms with Crippen molar-refractivity contribution < 1.29 is 4.74 Å². The molecule has 2 aromatic carbocycles. The van der Waals surface area contributed by atoms with Crippen molar-refractivity contribution in [1.29, 1.82) is 0 Å². The third-order valence-corrected chi connectivity index (χ3v) is 3.62. The van der Waals surface area contributed by atoms with E-state index in [1.807, 2.05) is 57.2 Å². The Hall–Kier alpha value is -2.45. The third kappa shape index (κ3) is 12.0. The second-order valence-electron chi connectivity index (χ2n) is 5.91. The number of methoxy groups -OCH3 is 1. The van der Waals surface area contributed by atoms with Crippen molar-refractivity contribution in [1.82, 2.24) is 0 Å². The minimum atomic E-state index is 0.802.